The lowest BCUT2D eigenvalue weighted by Crippen LogP contribution is -2.14. The zero-order valence-corrected chi connectivity index (χ0v) is 20.1. The maximum absolute atomic E-state index is 12.5. The molecule has 2 aromatic carbocycles. The number of halogens is 1. The summed E-state index contributed by atoms with van der Waals surface area (Å²) in [5, 5.41) is 9.10. The maximum atomic E-state index is 12.5. The number of ether oxygens (including phenoxy) is 1. The van der Waals surface area contributed by atoms with Gasteiger partial charge >= 0.3 is 0 Å². The average Bonchev–Trinajstić information content (AvgIpc) is 3.41. The predicted octanol–water partition coefficient (Wildman–Crippen LogP) is 5.67. The van der Waals surface area contributed by atoms with Crippen LogP contribution < -0.4 is 15.4 Å². The minimum Gasteiger partial charge on any atom is -0.497 e. The van der Waals surface area contributed by atoms with Crippen molar-refractivity contribution in [3.63, 3.8) is 0 Å². The number of carbonyl (C=O) groups excluding carboxylic acids is 2. The van der Waals surface area contributed by atoms with Crippen LogP contribution in [-0.2, 0) is 11.2 Å². The molecule has 2 heterocycles. The van der Waals surface area contributed by atoms with E-state index < -0.39 is 0 Å². The molecule has 0 bridgehead atoms. The Morgan fingerprint density at radius 2 is 1.73 bits per heavy atom. The smallest absolute Gasteiger partial charge is 0.257 e. The summed E-state index contributed by atoms with van der Waals surface area (Å²) in [5.74, 6) is 0.261. The molecule has 2 amide bonds. The zero-order chi connectivity index (χ0) is 23.4. The molecule has 0 saturated carbocycles. The van der Waals surface area contributed by atoms with Gasteiger partial charge in [0.15, 0.2) is 10.3 Å². The van der Waals surface area contributed by atoms with Gasteiger partial charge in [-0.3, -0.25) is 14.9 Å². The van der Waals surface area contributed by atoms with Crippen LogP contribution in [0.1, 0.15) is 21.6 Å². The first kappa shape index (κ1) is 22.9. The third-order valence-electron chi connectivity index (χ3n) is 4.63. The molecule has 0 unspecified atom stereocenters. The lowest BCUT2D eigenvalue weighted by Gasteiger charge is -2.03. The van der Waals surface area contributed by atoms with Crippen LogP contribution in [0.3, 0.4) is 0 Å². The van der Waals surface area contributed by atoms with Crippen LogP contribution in [0, 0.1) is 6.92 Å². The second kappa shape index (κ2) is 10.1. The van der Waals surface area contributed by atoms with Crippen LogP contribution in [-0.4, -0.2) is 28.9 Å². The van der Waals surface area contributed by atoms with Crippen molar-refractivity contribution in [2.24, 2.45) is 0 Å². The summed E-state index contributed by atoms with van der Waals surface area (Å²) >= 11 is 8.55. The number of hydrogen-bond donors (Lipinski definition) is 2. The van der Waals surface area contributed by atoms with Gasteiger partial charge in [0.2, 0.25) is 5.91 Å². The second-order valence-electron chi connectivity index (χ2n) is 7.01. The van der Waals surface area contributed by atoms with Crippen molar-refractivity contribution in [3.8, 4) is 16.3 Å². The summed E-state index contributed by atoms with van der Waals surface area (Å²) in [6.07, 6.45) is 0.229. The van der Waals surface area contributed by atoms with Crippen LogP contribution in [0.5, 0.6) is 5.75 Å². The number of nitrogens with one attached hydrogen (secondary N) is 2. The van der Waals surface area contributed by atoms with Crippen molar-refractivity contribution in [2.45, 2.75) is 13.3 Å². The fourth-order valence-electron chi connectivity index (χ4n) is 2.99. The Hall–Kier alpha value is -3.27. The van der Waals surface area contributed by atoms with Gasteiger partial charge in [0.1, 0.15) is 5.75 Å². The summed E-state index contributed by atoms with van der Waals surface area (Å²) in [6, 6.07) is 14.0. The molecule has 0 aliphatic heterocycles. The number of methoxy groups -OCH3 is 1. The topological polar surface area (TPSA) is 93.2 Å². The van der Waals surface area contributed by atoms with Gasteiger partial charge in [0, 0.05) is 16.0 Å². The standard InChI is InChI=1S/C23H19ClN4O3S2/c1-13-20(33-23(25-13)28-21(30)15-5-9-17(31-2)10-6-15)18-12-32-22(26-18)27-19(29)11-14-3-7-16(24)8-4-14/h3-10,12H,11H2,1-2H3,(H,25,28,30)(H,26,27,29). The molecule has 0 radical (unpaired) electrons. The van der Waals surface area contributed by atoms with Crippen molar-refractivity contribution in [1.82, 2.24) is 9.97 Å². The molecule has 33 heavy (non-hydrogen) atoms. The highest BCUT2D eigenvalue weighted by Gasteiger charge is 2.16. The SMILES string of the molecule is COc1ccc(C(=O)Nc2nc(C)c(-c3csc(NC(=O)Cc4ccc(Cl)cc4)n3)s2)cc1. The number of carbonyl (C=O) groups is 2. The molecule has 0 aliphatic carbocycles. The first-order valence-electron chi connectivity index (χ1n) is 9.84. The van der Waals surface area contributed by atoms with E-state index in [1.807, 2.05) is 24.4 Å². The number of hydrogen-bond acceptors (Lipinski definition) is 7. The molecule has 2 aromatic heterocycles. The molecule has 0 aliphatic rings. The third-order valence-corrected chi connectivity index (χ3v) is 6.74. The van der Waals surface area contributed by atoms with Gasteiger partial charge < -0.3 is 10.1 Å². The zero-order valence-electron chi connectivity index (χ0n) is 17.7. The Morgan fingerprint density at radius 1 is 1.00 bits per heavy atom. The highest BCUT2D eigenvalue weighted by Crippen LogP contribution is 2.34. The number of nitrogens with zero attached hydrogens (tertiary/aromatic N) is 2. The molecule has 4 aromatic rings. The number of benzene rings is 2. The van der Waals surface area contributed by atoms with Gasteiger partial charge in [-0.2, -0.15) is 0 Å². The van der Waals surface area contributed by atoms with Crippen molar-refractivity contribution < 1.29 is 14.3 Å². The minimum atomic E-state index is -0.258. The Kier molecular flexibility index (Phi) is 7.02. The number of thiazole rings is 2. The Morgan fingerprint density at radius 3 is 2.42 bits per heavy atom. The van der Waals surface area contributed by atoms with E-state index in [0.717, 1.165) is 16.1 Å². The fourth-order valence-corrected chi connectivity index (χ4v) is 4.83. The van der Waals surface area contributed by atoms with Crippen LogP contribution in [0.2, 0.25) is 5.02 Å². The summed E-state index contributed by atoms with van der Waals surface area (Å²) in [5.41, 5.74) is 2.81. The highest BCUT2D eigenvalue weighted by atomic mass is 35.5. The second-order valence-corrected chi connectivity index (χ2v) is 9.30. The molecule has 168 valence electrons. The number of aryl methyl sites for hydroxylation is 1. The van der Waals surface area contributed by atoms with Crippen molar-refractivity contribution in [1.29, 1.82) is 0 Å². The first-order chi connectivity index (χ1) is 15.9. The summed E-state index contributed by atoms with van der Waals surface area (Å²) in [4.78, 5) is 34.6. The third kappa shape index (κ3) is 5.75. The van der Waals surface area contributed by atoms with E-state index in [1.165, 1.54) is 22.7 Å². The summed E-state index contributed by atoms with van der Waals surface area (Å²) in [6.45, 7) is 1.85. The van der Waals surface area contributed by atoms with Gasteiger partial charge in [-0.15, -0.1) is 11.3 Å². The summed E-state index contributed by atoms with van der Waals surface area (Å²) < 4.78 is 5.12. The van der Waals surface area contributed by atoms with Gasteiger partial charge in [0.05, 0.1) is 29.8 Å². The van der Waals surface area contributed by atoms with Crippen LogP contribution in [0.25, 0.3) is 10.6 Å². The fraction of sp³-hybridized carbons (Fsp3) is 0.130. The Balaban J connectivity index is 1.41. The normalized spacial score (nSPS) is 10.6. The lowest BCUT2D eigenvalue weighted by atomic mass is 10.1. The van der Waals surface area contributed by atoms with Crippen LogP contribution >= 0.6 is 34.3 Å². The quantitative estimate of drug-likeness (QED) is 0.342. The summed E-state index contributed by atoms with van der Waals surface area (Å²) in [7, 11) is 1.57. The largest absolute Gasteiger partial charge is 0.497 e. The molecule has 0 saturated heterocycles. The van der Waals surface area contributed by atoms with Crippen molar-refractivity contribution in [2.75, 3.05) is 17.7 Å². The molecule has 0 fully saturated rings. The average molecular weight is 499 g/mol. The molecular weight excluding hydrogens is 480 g/mol. The van der Waals surface area contributed by atoms with Crippen LogP contribution in [0.4, 0.5) is 10.3 Å². The van der Waals surface area contributed by atoms with E-state index in [-0.39, 0.29) is 18.2 Å². The minimum absolute atomic E-state index is 0.160. The molecule has 4 rings (SSSR count). The highest BCUT2D eigenvalue weighted by molar-refractivity contribution is 7.20. The van der Waals surface area contributed by atoms with E-state index >= 15 is 0 Å². The van der Waals surface area contributed by atoms with Crippen molar-refractivity contribution in [3.05, 3.63) is 75.8 Å². The number of anilines is 2. The predicted molar refractivity (Wildman–Crippen MR) is 133 cm³/mol. The van der Waals surface area contributed by atoms with Crippen LogP contribution in [0.15, 0.2) is 53.9 Å². The van der Waals surface area contributed by atoms with Gasteiger partial charge in [-0.25, -0.2) is 9.97 Å². The van der Waals surface area contributed by atoms with Gasteiger partial charge in [0.25, 0.3) is 5.91 Å². The number of aromatic nitrogens is 2. The van der Waals surface area contributed by atoms with E-state index in [9.17, 15) is 9.59 Å². The first-order valence-corrected chi connectivity index (χ1v) is 11.9. The van der Waals surface area contributed by atoms with E-state index in [1.54, 1.807) is 43.5 Å². The molecule has 10 heteroatoms. The van der Waals surface area contributed by atoms with Gasteiger partial charge in [-0.05, 0) is 48.9 Å². The Bertz CT molecular complexity index is 1280. The van der Waals surface area contributed by atoms with E-state index in [2.05, 4.69) is 20.6 Å². The Labute approximate surface area is 203 Å². The van der Waals surface area contributed by atoms with Gasteiger partial charge in [-0.1, -0.05) is 35.1 Å². The maximum Gasteiger partial charge on any atom is 0.257 e. The van der Waals surface area contributed by atoms with E-state index in [4.69, 9.17) is 16.3 Å². The van der Waals surface area contributed by atoms with Crippen molar-refractivity contribution >= 4 is 56.4 Å². The molecular formula is C23H19ClN4O3S2. The number of amides is 2. The molecule has 7 nitrogen and oxygen atoms in total. The number of rotatable bonds is 7. The molecule has 2 N–H and O–H groups in total. The lowest BCUT2D eigenvalue weighted by molar-refractivity contribution is -0.115. The van der Waals surface area contributed by atoms with E-state index in [0.29, 0.717) is 32.3 Å². The molecule has 0 spiro atoms. The monoisotopic (exact) mass is 498 g/mol. The molecule has 0 atom stereocenters.